The van der Waals surface area contributed by atoms with E-state index in [2.05, 4.69) is 12.2 Å². The van der Waals surface area contributed by atoms with Gasteiger partial charge in [-0.1, -0.05) is 47.5 Å². The Morgan fingerprint density at radius 3 is 2.21 bits per heavy atom. The standard InChI is InChI=1S/C26H19Cl2NO5/c27-12-5-6-15(19(28)9-12)21(30)11-34-26(33)16-3-1-2-4-20(16)29-24(31)22-13-7-8-14(18-10-17(13)18)23(22)25(29)32/h1-9,13-14,17-18,22-23H,10-11H2. The fraction of sp³-hybridized carbons (Fsp3) is 0.308. The molecule has 0 radical (unpaired) electrons. The number of imide groups is 1. The van der Waals surface area contributed by atoms with Crippen LogP contribution in [-0.2, 0) is 14.3 Å². The Bertz CT molecular complexity index is 1270. The van der Waals surface area contributed by atoms with Gasteiger partial charge in [0.15, 0.2) is 6.61 Å². The molecule has 6 atom stereocenters. The number of Topliss-reactive ketones (excluding diaryl/α,β-unsaturated/α-hetero) is 1. The van der Waals surface area contributed by atoms with E-state index in [0.717, 1.165) is 11.3 Å². The monoisotopic (exact) mass is 495 g/mol. The smallest absolute Gasteiger partial charge is 0.340 e. The van der Waals surface area contributed by atoms with Crippen molar-refractivity contribution in [1.82, 2.24) is 0 Å². The summed E-state index contributed by atoms with van der Waals surface area (Å²) in [5, 5.41) is 0.542. The predicted molar refractivity (Wildman–Crippen MR) is 125 cm³/mol. The van der Waals surface area contributed by atoms with E-state index in [0.29, 0.717) is 16.9 Å². The summed E-state index contributed by atoms with van der Waals surface area (Å²) in [6, 6.07) is 10.8. The second-order valence-electron chi connectivity index (χ2n) is 9.31. The highest BCUT2D eigenvalue weighted by Gasteiger charge is 2.67. The summed E-state index contributed by atoms with van der Waals surface area (Å²) in [5.41, 5.74) is 0.438. The maximum atomic E-state index is 13.4. The third kappa shape index (κ3) is 3.16. The Labute approximate surface area is 205 Å². The van der Waals surface area contributed by atoms with Crippen LogP contribution in [0.2, 0.25) is 10.0 Å². The van der Waals surface area contributed by atoms with Crippen LogP contribution in [0.5, 0.6) is 0 Å². The third-order valence-corrected chi connectivity index (χ3v) is 8.14. The number of ketones is 1. The maximum absolute atomic E-state index is 13.4. The van der Waals surface area contributed by atoms with Gasteiger partial charge in [-0.25, -0.2) is 9.69 Å². The Morgan fingerprint density at radius 2 is 1.56 bits per heavy atom. The normalized spacial score (nSPS) is 30.2. The lowest BCUT2D eigenvalue weighted by atomic mass is 9.63. The average Bonchev–Trinajstić information content (AvgIpc) is 3.60. The van der Waals surface area contributed by atoms with Crippen molar-refractivity contribution in [2.24, 2.45) is 35.5 Å². The lowest BCUT2D eigenvalue weighted by Gasteiger charge is -2.37. The van der Waals surface area contributed by atoms with Crippen molar-refractivity contribution in [2.75, 3.05) is 11.5 Å². The number of hydrogen-bond acceptors (Lipinski definition) is 5. The largest absolute Gasteiger partial charge is 0.454 e. The summed E-state index contributed by atoms with van der Waals surface area (Å²) in [7, 11) is 0. The van der Waals surface area contributed by atoms with Crippen molar-refractivity contribution < 1.29 is 23.9 Å². The molecule has 4 aliphatic carbocycles. The number of anilines is 1. The van der Waals surface area contributed by atoms with Crippen LogP contribution in [0, 0.1) is 35.5 Å². The van der Waals surface area contributed by atoms with Crippen LogP contribution in [-0.4, -0.2) is 30.2 Å². The van der Waals surface area contributed by atoms with Crippen molar-refractivity contribution in [1.29, 1.82) is 0 Å². The molecule has 0 spiro atoms. The highest BCUT2D eigenvalue weighted by Crippen LogP contribution is 2.65. The summed E-state index contributed by atoms with van der Waals surface area (Å²) in [5.74, 6) is -1.41. The van der Waals surface area contributed by atoms with Gasteiger partial charge in [-0.3, -0.25) is 14.4 Å². The minimum atomic E-state index is -0.798. The molecule has 5 aliphatic rings. The molecular formula is C26H19Cl2NO5. The molecule has 7 rings (SSSR count). The van der Waals surface area contributed by atoms with Crippen molar-refractivity contribution >= 4 is 52.5 Å². The fourth-order valence-electron chi connectivity index (χ4n) is 6.04. The first-order valence-corrected chi connectivity index (χ1v) is 11.9. The molecule has 2 aromatic carbocycles. The Morgan fingerprint density at radius 1 is 0.912 bits per heavy atom. The molecule has 0 aromatic heterocycles. The van der Waals surface area contributed by atoms with Gasteiger partial charge in [0.05, 0.1) is 28.1 Å². The van der Waals surface area contributed by atoms with E-state index in [4.69, 9.17) is 27.9 Å². The zero-order valence-electron chi connectivity index (χ0n) is 17.8. The quantitative estimate of drug-likeness (QED) is 0.262. The number of carbonyl (C=O) groups excluding carboxylic acids is 4. The molecule has 3 fully saturated rings. The summed E-state index contributed by atoms with van der Waals surface area (Å²) in [6.45, 7) is -0.543. The Balaban J connectivity index is 1.24. The van der Waals surface area contributed by atoms with Crippen LogP contribution in [0.4, 0.5) is 5.69 Å². The Kier molecular flexibility index (Phi) is 4.94. The molecule has 1 aliphatic heterocycles. The van der Waals surface area contributed by atoms with E-state index in [-0.39, 0.29) is 57.3 Å². The predicted octanol–water partition coefficient (Wildman–Crippen LogP) is 4.59. The number of esters is 1. The summed E-state index contributed by atoms with van der Waals surface area (Å²) < 4.78 is 5.26. The van der Waals surface area contributed by atoms with Gasteiger partial charge < -0.3 is 4.74 Å². The van der Waals surface area contributed by atoms with E-state index in [1.54, 1.807) is 18.2 Å². The molecule has 2 amide bonds. The molecule has 2 saturated carbocycles. The molecule has 1 saturated heterocycles. The van der Waals surface area contributed by atoms with Gasteiger partial charge in [0, 0.05) is 10.6 Å². The van der Waals surface area contributed by atoms with Gasteiger partial charge in [-0.2, -0.15) is 0 Å². The first kappa shape index (κ1) is 21.6. The number of carbonyl (C=O) groups is 4. The number of nitrogens with zero attached hydrogens (tertiary/aromatic N) is 1. The van der Waals surface area contributed by atoms with Gasteiger partial charge in [0.25, 0.3) is 0 Å². The first-order chi connectivity index (χ1) is 16.4. The highest BCUT2D eigenvalue weighted by atomic mass is 35.5. The second-order valence-corrected chi connectivity index (χ2v) is 10.2. The highest BCUT2D eigenvalue weighted by molar-refractivity contribution is 6.37. The number of hydrogen-bond donors (Lipinski definition) is 0. The zero-order chi connectivity index (χ0) is 23.7. The van der Waals surface area contributed by atoms with Crippen molar-refractivity contribution in [3.63, 3.8) is 0 Å². The van der Waals surface area contributed by atoms with E-state index in [1.807, 2.05) is 0 Å². The summed E-state index contributed by atoms with van der Waals surface area (Å²) >= 11 is 11.9. The average molecular weight is 496 g/mol. The molecule has 2 aromatic rings. The topological polar surface area (TPSA) is 80.8 Å². The SMILES string of the molecule is O=C(COC(=O)c1ccccc1N1C(=O)C2C3C=CC(C4CC34)C2C1=O)c1ccc(Cl)cc1Cl. The zero-order valence-corrected chi connectivity index (χ0v) is 19.3. The molecule has 1 heterocycles. The van der Waals surface area contributed by atoms with Gasteiger partial charge >= 0.3 is 5.97 Å². The number of ether oxygens (including phenoxy) is 1. The first-order valence-electron chi connectivity index (χ1n) is 11.2. The molecule has 6 unspecified atom stereocenters. The van der Waals surface area contributed by atoms with Crippen LogP contribution in [0.15, 0.2) is 54.6 Å². The summed E-state index contributed by atoms with van der Waals surface area (Å²) in [6.07, 6.45) is 5.27. The minimum Gasteiger partial charge on any atom is -0.454 e. The van der Waals surface area contributed by atoms with Crippen LogP contribution < -0.4 is 4.90 Å². The number of benzene rings is 2. The molecule has 6 nitrogen and oxygen atoms in total. The second kappa shape index (κ2) is 7.79. The molecule has 172 valence electrons. The molecular weight excluding hydrogens is 477 g/mol. The summed E-state index contributed by atoms with van der Waals surface area (Å²) in [4.78, 5) is 53.5. The maximum Gasteiger partial charge on any atom is 0.340 e. The van der Waals surface area contributed by atoms with Crippen molar-refractivity contribution in [3.8, 4) is 0 Å². The van der Waals surface area contributed by atoms with Crippen LogP contribution in [0.3, 0.4) is 0 Å². The van der Waals surface area contributed by atoms with E-state index >= 15 is 0 Å². The number of allylic oxidation sites excluding steroid dienone is 2. The fourth-order valence-corrected chi connectivity index (χ4v) is 6.55. The molecule has 34 heavy (non-hydrogen) atoms. The van der Waals surface area contributed by atoms with Crippen molar-refractivity contribution in [2.45, 2.75) is 6.42 Å². The van der Waals surface area contributed by atoms with E-state index < -0.39 is 18.4 Å². The lowest BCUT2D eigenvalue weighted by molar-refractivity contribution is -0.124. The Hall–Kier alpha value is -2.96. The minimum absolute atomic E-state index is 0.0586. The molecule has 2 bridgehead atoms. The van der Waals surface area contributed by atoms with Crippen molar-refractivity contribution in [3.05, 3.63) is 75.8 Å². The van der Waals surface area contributed by atoms with Crippen LogP contribution in [0.25, 0.3) is 0 Å². The third-order valence-electron chi connectivity index (χ3n) is 7.59. The number of amides is 2. The van der Waals surface area contributed by atoms with Gasteiger partial charge in [0.2, 0.25) is 17.6 Å². The number of halogens is 2. The van der Waals surface area contributed by atoms with E-state index in [9.17, 15) is 19.2 Å². The number of para-hydroxylation sites is 1. The van der Waals surface area contributed by atoms with Gasteiger partial charge in [-0.15, -0.1) is 0 Å². The van der Waals surface area contributed by atoms with E-state index in [1.165, 1.54) is 24.3 Å². The van der Waals surface area contributed by atoms with Crippen LogP contribution >= 0.6 is 23.2 Å². The molecule has 8 heteroatoms. The van der Waals surface area contributed by atoms with Gasteiger partial charge in [0.1, 0.15) is 0 Å². The van der Waals surface area contributed by atoms with Gasteiger partial charge in [-0.05, 0) is 60.4 Å². The molecule has 0 N–H and O–H groups in total. The number of rotatable bonds is 5. The lowest BCUT2D eigenvalue weighted by Crippen LogP contribution is -2.40. The van der Waals surface area contributed by atoms with Crippen LogP contribution in [0.1, 0.15) is 27.1 Å².